The van der Waals surface area contributed by atoms with E-state index in [4.69, 9.17) is 27.9 Å². The number of carbonyl (C=O) groups is 2. The molecule has 1 fully saturated rings. The largest absolute Gasteiger partial charge is 0.494 e. The Bertz CT molecular complexity index is 1540. The van der Waals surface area contributed by atoms with E-state index in [1.165, 1.54) is 17.0 Å². The lowest BCUT2D eigenvalue weighted by Crippen LogP contribution is -2.53. The molecule has 0 radical (unpaired) electrons. The Kier molecular flexibility index (Phi) is 11.6. The Morgan fingerprint density at radius 1 is 0.955 bits per heavy atom. The monoisotopic (exact) mass is 659 g/mol. The van der Waals surface area contributed by atoms with Gasteiger partial charge in [0.15, 0.2) is 0 Å². The van der Waals surface area contributed by atoms with Crippen molar-refractivity contribution in [2.24, 2.45) is 0 Å². The van der Waals surface area contributed by atoms with Gasteiger partial charge in [-0.3, -0.25) is 13.9 Å². The fraction of sp³-hybridized carbons (Fsp3) is 0.394. The van der Waals surface area contributed by atoms with E-state index in [0.29, 0.717) is 40.1 Å². The maximum Gasteiger partial charge on any atom is 0.264 e. The first-order valence-corrected chi connectivity index (χ1v) is 17.1. The molecule has 44 heavy (non-hydrogen) atoms. The molecular weight excluding hydrogens is 621 g/mol. The highest BCUT2D eigenvalue weighted by atomic mass is 35.5. The molecule has 3 aromatic carbocycles. The summed E-state index contributed by atoms with van der Waals surface area (Å²) < 4.78 is 34.8. The summed E-state index contributed by atoms with van der Waals surface area (Å²) in [6.45, 7) is 5.54. The summed E-state index contributed by atoms with van der Waals surface area (Å²) in [4.78, 5) is 29.3. The normalized spacial score (nSPS) is 14.2. The fourth-order valence-electron chi connectivity index (χ4n) is 5.36. The fourth-order valence-corrected chi connectivity index (χ4v) is 7.10. The molecule has 1 aliphatic rings. The molecular formula is C33H39Cl2N3O5S. The molecule has 1 atom stereocenters. The number of hydrogen-bond acceptors (Lipinski definition) is 5. The van der Waals surface area contributed by atoms with E-state index in [1.54, 1.807) is 54.6 Å². The molecule has 11 heteroatoms. The Labute approximate surface area is 270 Å². The molecule has 236 valence electrons. The number of ether oxygens (including phenoxy) is 1. The summed E-state index contributed by atoms with van der Waals surface area (Å²) in [5.41, 5.74) is 1.93. The Morgan fingerprint density at radius 2 is 1.61 bits per heavy atom. The molecule has 1 aliphatic carbocycles. The third-order valence-corrected chi connectivity index (χ3v) is 10.3. The summed E-state index contributed by atoms with van der Waals surface area (Å²) in [7, 11) is -4.19. The summed E-state index contributed by atoms with van der Waals surface area (Å²) >= 11 is 12.4. The standard InChI is InChI=1S/C33H39Cl2N3O5S/c1-4-31(33(40)36-25-8-6-7-9-25)37(21-24-12-19-29(34)30(35)20-24)32(39)22-38(26-13-10-23(3)11-14-26)44(41,42)28-17-15-27(16-18-28)43-5-2/h10-20,25,31H,4-9,21-22H2,1-3H3,(H,36,40)/t31-/m1/s1. The van der Waals surface area contributed by atoms with Crippen LogP contribution in [0.1, 0.15) is 57.1 Å². The highest BCUT2D eigenvalue weighted by Gasteiger charge is 2.34. The van der Waals surface area contributed by atoms with Gasteiger partial charge >= 0.3 is 0 Å². The van der Waals surface area contributed by atoms with Gasteiger partial charge in [-0.2, -0.15) is 0 Å². The average Bonchev–Trinajstić information content (AvgIpc) is 3.51. The molecule has 8 nitrogen and oxygen atoms in total. The zero-order chi connectivity index (χ0) is 31.9. The van der Waals surface area contributed by atoms with E-state index in [9.17, 15) is 18.0 Å². The topological polar surface area (TPSA) is 96.0 Å². The number of aryl methyl sites for hydroxylation is 1. The minimum atomic E-state index is -4.19. The number of halogens is 2. The van der Waals surface area contributed by atoms with Crippen LogP contribution in [0, 0.1) is 6.92 Å². The van der Waals surface area contributed by atoms with Crippen molar-refractivity contribution in [1.82, 2.24) is 10.2 Å². The number of nitrogens with one attached hydrogen (secondary N) is 1. The third-order valence-electron chi connectivity index (χ3n) is 7.75. The quantitative estimate of drug-likeness (QED) is 0.219. The van der Waals surface area contributed by atoms with Gasteiger partial charge in [-0.1, -0.05) is 66.7 Å². The molecule has 0 saturated heterocycles. The van der Waals surface area contributed by atoms with Gasteiger partial charge in [-0.05, 0) is 87.2 Å². The van der Waals surface area contributed by atoms with E-state index in [0.717, 1.165) is 35.6 Å². The maximum absolute atomic E-state index is 14.3. The van der Waals surface area contributed by atoms with E-state index in [1.807, 2.05) is 20.8 Å². The zero-order valence-corrected chi connectivity index (χ0v) is 27.6. The molecule has 2 amide bonds. The van der Waals surface area contributed by atoms with Crippen LogP contribution < -0.4 is 14.4 Å². The maximum atomic E-state index is 14.3. The van der Waals surface area contributed by atoms with Crippen LogP contribution in [0.3, 0.4) is 0 Å². The van der Waals surface area contributed by atoms with Crippen molar-refractivity contribution in [3.05, 3.63) is 87.9 Å². The first kappa shape index (κ1) is 33.6. The van der Waals surface area contributed by atoms with E-state index in [2.05, 4.69) is 5.32 Å². The van der Waals surface area contributed by atoms with Crippen LogP contribution in [0.4, 0.5) is 5.69 Å². The predicted molar refractivity (Wildman–Crippen MR) is 175 cm³/mol. The average molecular weight is 661 g/mol. The number of carbonyl (C=O) groups excluding carboxylic acids is 2. The Balaban J connectivity index is 1.71. The van der Waals surface area contributed by atoms with Gasteiger partial charge in [-0.15, -0.1) is 0 Å². The van der Waals surface area contributed by atoms with Crippen molar-refractivity contribution in [3.63, 3.8) is 0 Å². The summed E-state index contributed by atoms with van der Waals surface area (Å²) in [6.07, 6.45) is 4.21. The molecule has 1 N–H and O–H groups in total. The number of anilines is 1. The van der Waals surface area contributed by atoms with Crippen LogP contribution in [0.5, 0.6) is 5.75 Å². The van der Waals surface area contributed by atoms with Crippen molar-refractivity contribution in [2.45, 2.75) is 76.4 Å². The molecule has 4 rings (SSSR count). The van der Waals surface area contributed by atoms with Crippen LogP contribution in [0.15, 0.2) is 71.6 Å². The van der Waals surface area contributed by atoms with Crippen LogP contribution in [-0.4, -0.2) is 50.4 Å². The van der Waals surface area contributed by atoms with Gasteiger partial charge < -0.3 is 15.0 Å². The van der Waals surface area contributed by atoms with Gasteiger partial charge in [0.2, 0.25) is 11.8 Å². The van der Waals surface area contributed by atoms with Gasteiger partial charge in [0, 0.05) is 12.6 Å². The molecule has 0 aliphatic heterocycles. The van der Waals surface area contributed by atoms with Crippen molar-refractivity contribution in [3.8, 4) is 5.75 Å². The smallest absolute Gasteiger partial charge is 0.264 e. The summed E-state index contributed by atoms with van der Waals surface area (Å²) in [5.74, 6) is -0.250. The molecule has 0 spiro atoms. The molecule has 0 aromatic heterocycles. The van der Waals surface area contributed by atoms with E-state index < -0.39 is 28.5 Å². The second-order valence-electron chi connectivity index (χ2n) is 10.9. The van der Waals surface area contributed by atoms with E-state index >= 15 is 0 Å². The third kappa shape index (κ3) is 8.25. The number of rotatable bonds is 13. The lowest BCUT2D eigenvalue weighted by Gasteiger charge is -2.34. The first-order chi connectivity index (χ1) is 21.0. The Hall–Kier alpha value is -3.27. The number of hydrogen-bond donors (Lipinski definition) is 1. The SMILES string of the molecule is CCOc1ccc(S(=O)(=O)N(CC(=O)N(Cc2ccc(Cl)c(Cl)c2)[C@H](CC)C(=O)NC2CCCC2)c2ccc(C)cc2)cc1. The lowest BCUT2D eigenvalue weighted by molar-refractivity contribution is -0.140. The van der Waals surface area contributed by atoms with Gasteiger partial charge in [0.1, 0.15) is 18.3 Å². The minimum absolute atomic E-state index is 0.0105. The summed E-state index contributed by atoms with van der Waals surface area (Å²) in [6, 6.07) is 17.3. The van der Waals surface area contributed by atoms with Crippen molar-refractivity contribution in [2.75, 3.05) is 17.5 Å². The second kappa shape index (κ2) is 15.1. The van der Waals surface area contributed by atoms with Crippen LogP contribution in [0.2, 0.25) is 10.0 Å². The first-order valence-electron chi connectivity index (χ1n) is 14.9. The van der Waals surface area contributed by atoms with Gasteiger partial charge in [0.25, 0.3) is 10.0 Å². The van der Waals surface area contributed by atoms with Crippen molar-refractivity contribution in [1.29, 1.82) is 0 Å². The predicted octanol–water partition coefficient (Wildman–Crippen LogP) is 6.76. The van der Waals surface area contributed by atoms with Crippen LogP contribution >= 0.6 is 23.2 Å². The second-order valence-corrected chi connectivity index (χ2v) is 13.6. The van der Waals surface area contributed by atoms with Crippen molar-refractivity contribution >= 4 is 50.7 Å². The number of benzene rings is 3. The highest BCUT2D eigenvalue weighted by Crippen LogP contribution is 2.28. The number of amides is 2. The minimum Gasteiger partial charge on any atom is -0.494 e. The van der Waals surface area contributed by atoms with Crippen molar-refractivity contribution < 1.29 is 22.7 Å². The van der Waals surface area contributed by atoms with Crippen LogP contribution in [-0.2, 0) is 26.2 Å². The van der Waals surface area contributed by atoms with Gasteiger partial charge in [-0.25, -0.2) is 8.42 Å². The zero-order valence-electron chi connectivity index (χ0n) is 25.3. The van der Waals surface area contributed by atoms with E-state index in [-0.39, 0.29) is 23.4 Å². The number of nitrogens with zero attached hydrogens (tertiary/aromatic N) is 2. The molecule has 3 aromatic rings. The van der Waals surface area contributed by atoms with Gasteiger partial charge in [0.05, 0.1) is 27.2 Å². The highest BCUT2D eigenvalue weighted by molar-refractivity contribution is 7.92. The molecule has 0 heterocycles. The number of sulfonamides is 1. The lowest BCUT2D eigenvalue weighted by atomic mass is 10.1. The molecule has 0 unspecified atom stereocenters. The molecule has 0 bridgehead atoms. The van der Waals surface area contributed by atoms with Crippen LogP contribution in [0.25, 0.3) is 0 Å². The Morgan fingerprint density at radius 3 is 2.20 bits per heavy atom. The molecule has 1 saturated carbocycles. The summed E-state index contributed by atoms with van der Waals surface area (Å²) in [5, 5.41) is 3.80.